The van der Waals surface area contributed by atoms with Crippen LogP contribution in [0.3, 0.4) is 0 Å². The van der Waals surface area contributed by atoms with Crippen LogP contribution in [0.15, 0.2) is 54.7 Å². The molecule has 3 heterocycles. The van der Waals surface area contributed by atoms with Gasteiger partial charge in [0.1, 0.15) is 5.69 Å². The fraction of sp³-hybridized carbons (Fsp3) is 0.250. The Morgan fingerprint density at radius 1 is 1.07 bits per heavy atom. The van der Waals surface area contributed by atoms with Crippen LogP contribution in [0.5, 0.6) is 11.5 Å². The molecule has 0 radical (unpaired) electrons. The SMILES string of the molecule is O=C(c1ccc2c(c1)OCO2)N1CCC(n2cc(-c3ccccc3)nn2)C1. The van der Waals surface area contributed by atoms with E-state index in [1.807, 2.05) is 46.1 Å². The van der Waals surface area contributed by atoms with Gasteiger partial charge in [0.15, 0.2) is 11.5 Å². The minimum atomic E-state index is -0.000742. The van der Waals surface area contributed by atoms with Gasteiger partial charge >= 0.3 is 0 Å². The molecule has 1 saturated heterocycles. The van der Waals surface area contributed by atoms with Gasteiger partial charge in [0.05, 0.1) is 12.2 Å². The van der Waals surface area contributed by atoms with Crippen LogP contribution in [0.2, 0.25) is 0 Å². The summed E-state index contributed by atoms with van der Waals surface area (Å²) in [6.45, 7) is 1.51. The molecule has 2 aliphatic heterocycles. The van der Waals surface area contributed by atoms with E-state index in [1.54, 1.807) is 18.2 Å². The summed E-state index contributed by atoms with van der Waals surface area (Å²) >= 11 is 0. The van der Waals surface area contributed by atoms with Gasteiger partial charge in [0.2, 0.25) is 6.79 Å². The standard InChI is InChI=1S/C20H18N4O3/c25-20(15-6-7-18-19(10-15)27-13-26-18)23-9-8-16(11-23)24-12-17(21-22-24)14-4-2-1-3-5-14/h1-7,10,12,16H,8-9,11,13H2. The van der Waals surface area contributed by atoms with Gasteiger partial charge in [-0.25, -0.2) is 4.68 Å². The molecule has 5 rings (SSSR count). The summed E-state index contributed by atoms with van der Waals surface area (Å²) in [5.74, 6) is 1.31. The molecule has 0 aliphatic carbocycles. The van der Waals surface area contributed by atoms with E-state index in [0.29, 0.717) is 30.2 Å². The summed E-state index contributed by atoms with van der Waals surface area (Å²) in [4.78, 5) is 14.7. The lowest BCUT2D eigenvalue weighted by atomic mass is 10.2. The van der Waals surface area contributed by atoms with Crippen molar-refractivity contribution in [1.82, 2.24) is 19.9 Å². The average Bonchev–Trinajstić information content (AvgIpc) is 3.47. The Balaban J connectivity index is 1.30. The van der Waals surface area contributed by atoms with Crippen molar-refractivity contribution in [3.05, 3.63) is 60.3 Å². The number of likely N-dealkylation sites (tertiary alicyclic amines) is 1. The highest BCUT2D eigenvalue weighted by molar-refractivity contribution is 5.95. The molecule has 1 amide bonds. The number of hydrogen-bond acceptors (Lipinski definition) is 5. The molecule has 1 unspecified atom stereocenters. The number of ether oxygens (including phenoxy) is 2. The zero-order valence-corrected chi connectivity index (χ0v) is 14.6. The molecule has 0 spiro atoms. The van der Waals surface area contributed by atoms with E-state index in [9.17, 15) is 4.79 Å². The van der Waals surface area contributed by atoms with Crippen molar-refractivity contribution in [2.24, 2.45) is 0 Å². The number of carbonyl (C=O) groups excluding carboxylic acids is 1. The summed E-state index contributed by atoms with van der Waals surface area (Å²) in [5.41, 5.74) is 2.50. The highest BCUT2D eigenvalue weighted by Crippen LogP contribution is 2.33. The van der Waals surface area contributed by atoms with Crippen LogP contribution in [0, 0.1) is 0 Å². The molecule has 136 valence electrons. The number of benzene rings is 2. The molecule has 2 aliphatic rings. The van der Waals surface area contributed by atoms with Crippen LogP contribution in [-0.4, -0.2) is 45.7 Å². The number of hydrogen-bond donors (Lipinski definition) is 0. The first-order chi connectivity index (χ1) is 13.3. The fourth-order valence-electron chi connectivity index (χ4n) is 3.55. The third kappa shape index (κ3) is 2.91. The molecular formula is C20H18N4O3. The first kappa shape index (κ1) is 15.9. The molecule has 7 heteroatoms. The topological polar surface area (TPSA) is 69.5 Å². The maximum absolute atomic E-state index is 12.8. The summed E-state index contributed by atoms with van der Waals surface area (Å²) in [6, 6.07) is 15.4. The van der Waals surface area contributed by atoms with Gasteiger partial charge in [-0.1, -0.05) is 35.5 Å². The highest BCUT2D eigenvalue weighted by Gasteiger charge is 2.29. The summed E-state index contributed by atoms with van der Waals surface area (Å²) < 4.78 is 12.5. The summed E-state index contributed by atoms with van der Waals surface area (Å²) in [6.07, 6.45) is 2.81. The minimum absolute atomic E-state index is 0.000742. The molecule has 1 aromatic heterocycles. The van der Waals surface area contributed by atoms with Crippen molar-refractivity contribution in [1.29, 1.82) is 0 Å². The van der Waals surface area contributed by atoms with Gasteiger partial charge in [-0.15, -0.1) is 5.10 Å². The predicted octanol–water partition coefficient (Wildman–Crippen LogP) is 2.76. The van der Waals surface area contributed by atoms with Crippen molar-refractivity contribution in [2.75, 3.05) is 19.9 Å². The van der Waals surface area contributed by atoms with Crippen molar-refractivity contribution in [3.8, 4) is 22.8 Å². The van der Waals surface area contributed by atoms with Crippen molar-refractivity contribution in [3.63, 3.8) is 0 Å². The largest absolute Gasteiger partial charge is 0.454 e. The summed E-state index contributed by atoms with van der Waals surface area (Å²) in [5, 5.41) is 8.56. The smallest absolute Gasteiger partial charge is 0.254 e. The monoisotopic (exact) mass is 362 g/mol. The fourth-order valence-corrected chi connectivity index (χ4v) is 3.55. The zero-order chi connectivity index (χ0) is 18.2. The second kappa shape index (κ2) is 6.42. The third-order valence-corrected chi connectivity index (χ3v) is 5.02. The van der Waals surface area contributed by atoms with Gasteiger partial charge < -0.3 is 14.4 Å². The average molecular weight is 362 g/mol. The second-order valence-corrected chi connectivity index (χ2v) is 6.71. The number of aromatic nitrogens is 3. The van der Waals surface area contributed by atoms with Crippen LogP contribution < -0.4 is 9.47 Å². The van der Waals surface area contributed by atoms with E-state index < -0.39 is 0 Å². The van der Waals surface area contributed by atoms with E-state index in [4.69, 9.17) is 9.47 Å². The Labute approximate surface area is 156 Å². The van der Waals surface area contributed by atoms with Crippen molar-refractivity contribution >= 4 is 5.91 Å². The molecule has 27 heavy (non-hydrogen) atoms. The third-order valence-electron chi connectivity index (χ3n) is 5.02. The van der Waals surface area contributed by atoms with Gasteiger partial charge in [-0.3, -0.25) is 4.79 Å². The molecule has 3 aromatic rings. The molecule has 1 fully saturated rings. The van der Waals surface area contributed by atoms with Crippen molar-refractivity contribution < 1.29 is 14.3 Å². The summed E-state index contributed by atoms with van der Waals surface area (Å²) in [7, 11) is 0. The van der Waals surface area contributed by atoms with Crippen molar-refractivity contribution in [2.45, 2.75) is 12.5 Å². The Kier molecular flexibility index (Phi) is 3.78. The van der Waals surface area contributed by atoms with Crippen LogP contribution in [0.1, 0.15) is 22.8 Å². The quantitative estimate of drug-likeness (QED) is 0.717. The Bertz CT molecular complexity index is 986. The second-order valence-electron chi connectivity index (χ2n) is 6.71. The highest BCUT2D eigenvalue weighted by atomic mass is 16.7. The van der Waals surface area contributed by atoms with E-state index in [2.05, 4.69) is 10.3 Å². The first-order valence-electron chi connectivity index (χ1n) is 8.94. The molecule has 0 bridgehead atoms. The maximum Gasteiger partial charge on any atom is 0.254 e. The number of nitrogens with zero attached hydrogens (tertiary/aromatic N) is 4. The van der Waals surface area contributed by atoms with E-state index in [1.165, 1.54) is 0 Å². The molecule has 7 nitrogen and oxygen atoms in total. The van der Waals surface area contributed by atoms with Crippen LogP contribution in [0.4, 0.5) is 0 Å². The number of rotatable bonds is 3. The molecule has 0 saturated carbocycles. The number of amides is 1. The van der Waals surface area contributed by atoms with Crippen LogP contribution in [-0.2, 0) is 0 Å². The lowest BCUT2D eigenvalue weighted by Crippen LogP contribution is -2.29. The van der Waals surface area contributed by atoms with E-state index in [-0.39, 0.29) is 18.7 Å². The lowest BCUT2D eigenvalue weighted by Gasteiger charge is -2.16. The van der Waals surface area contributed by atoms with Gasteiger partial charge in [-0.05, 0) is 24.6 Å². The number of fused-ring (bicyclic) bond motifs is 1. The predicted molar refractivity (Wildman–Crippen MR) is 97.6 cm³/mol. The van der Waals surface area contributed by atoms with E-state index in [0.717, 1.165) is 17.7 Å². The van der Waals surface area contributed by atoms with E-state index >= 15 is 0 Å². The zero-order valence-electron chi connectivity index (χ0n) is 14.6. The maximum atomic E-state index is 12.8. The van der Waals surface area contributed by atoms with Crippen LogP contribution in [0.25, 0.3) is 11.3 Å². The van der Waals surface area contributed by atoms with Gasteiger partial charge in [-0.2, -0.15) is 0 Å². The first-order valence-corrected chi connectivity index (χ1v) is 8.94. The Morgan fingerprint density at radius 3 is 2.81 bits per heavy atom. The molecule has 2 aromatic carbocycles. The molecule has 0 N–H and O–H groups in total. The lowest BCUT2D eigenvalue weighted by molar-refractivity contribution is 0.0786. The number of carbonyl (C=O) groups is 1. The Morgan fingerprint density at radius 2 is 1.93 bits per heavy atom. The van der Waals surface area contributed by atoms with Gasteiger partial charge in [0, 0.05) is 24.2 Å². The van der Waals surface area contributed by atoms with Gasteiger partial charge in [0.25, 0.3) is 5.91 Å². The molecule has 1 atom stereocenters. The van der Waals surface area contributed by atoms with Crippen LogP contribution >= 0.6 is 0 Å². The minimum Gasteiger partial charge on any atom is -0.454 e. The Hall–Kier alpha value is -3.35. The molecular weight excluding hydrogens is 344 g/mol. The normalized spacial score (nSPS) is 18.1.